The van der Waals surface area contributed by atoms with Crippen molar-refractivity contribution in [3.63, 3.8) is 0 Å². The fourth-order valence-corrected chi connectivity index (χ4v) is 3.35. The van der Waals surface area contributed by atoms with Crippen molar-refractivity contribution in [2.45, 2.75) is 6.92 Å². The molecule has 0 aromatic carbocycles. The van der Waals surface area contributed by atoms with Gasteiger partial charge >= 0.3 is 0 Å². The van der Waals surface area contributed by atoms with Crippen LogP contribution in [0.2, 0.25) is 0 Å². The van der Waals surface area contributed by atoms with Crippen molar-refractivity contribution in [2.75, 3.05) is 31.1 Å². The van der Waals surface area contributed by atoms with Crippen LogP contribution in [0.3, 0.4) is 0 Å². The molecule has 0 N–H and O–H groups in total. The molecular formula is C18H17N7O3. The highest BCUT2D eigenvalue weighted by molar-refractivity contribution is 5.93. The van der Waals surface area contributed by atoms with E-state index in [1.54, 1.807) is 35.6 Å². The lowest BCUT2D eigenvalue weighted by molar-refractivity contribution is 0.0736. The van der Waals surface area contributed by atoms with Gasteiger partial charge in [0.1, 0.15) is 5.82 Å². The second-order valence-corrected chi connectivity index (χ2v) is 6.52. The molecular weight excluding hydrogens is 362 g/mol. The predicted molar refractivity (Wildman–Crippen MR) is 97.8 cm³/mol. The van der Waals surface area contributed by atoms with Gasteiger partial charge in [-0.1, -0.05) is 5.16 Å². The van der Waals surface area contributed by atoms with Crippen molar-refractivity contribution >= 4 is 17.4 Å². The molecule has 5 rings (SSSR count). The highest BCUT2D eigenvalue weighted by Crippen LogP contribution is 2.23. The molecule has 28 heavy (non-hydrogen) atoms. The summed E-state index contributed by atoms with van der Waals surface area (Å²) in [5.74, 6) is 2.40. The van der Waals surface area contributed by atoms with E-state index in [0.717, 1.165) is 17.3 Å². The Bertz CT molecular complexity index is 1120. The van der Waals surface area contributed by atoms with Crippen molar-refractivity contribution in [1.29, 1.82) is 0 Å². The number of carbonyl (C=O) groups is 1. The number of hydrogen-bond donors (Lipinski definition) is 0. The second-order valence-electron chi connectivity index (χ2n) is 6.52. The number of nitrogens with zero attached hydrogens (tertiary/aromatic N) is 7. The SMILES string of the molecule is Cc1nnc2c(N3CCN(C(=O)c4cc(-c5ccco5)on4)CC3)nccn12. The molecule has 0 unspecified atom stereocenters. The molecule has 1 fully saturated rings. The van der Waals surface area contributed by atoms with Gasteiger partial charge in [-0.25, -0.2) is 4.98 Å². The van der Waals surface area contributed by atoms with Gasteiger partial charge in [0.05, 0.1) is 6.26 Å². The van der Waals surface area contributed by atoms with E-state index < -0.39 is 0 Å². The van der Waals surface area contributed by atoms with E-state index in [9.17, 15) is 4.79 Å². The molecule has 0 aliphatic carbocycles. The van der Waals surface area contributed by atoms with Crippen LogP contribution < -0.4 is 4.90 Å². The van der Waals surface area contributed by atoms with Gasteiger partial charge in [-0.05, 0) is 19.1 Å². The molecule has 4 aromatic rings. The third-order valence-electron chi connectivity index (χ3n) is 4.84. The second kappa shape index (κ2) is 6.48. The molecule has 1 aliphatic heterocycles. The van der Waals surface area contributed by atoms with Crippen molar-refractivity contribution < 1.29 is 13.7 Å². The Kier molecular flexibility index (Phi) is 3.81. The maximum Gasteiger partial charge on any atom is 0.276 e. The maximum atomic E-state index is 12.8. The van der Waals surface area contributed by atoms with Gasteiger partial charge in [0.2, 0.25) is 11.4 Å². The highest BCUT2D eigenvalue weighted by Gasteiger charge is 2.27. The number of aromatic nitrogens is 5. The number of rotatable bonds is 3. The van der Waals surface area contributed by atoms with Crippen LogP contribution in [0, 0.1) is 6.92 Å². The van der Waals surface area contributed by atoms with E-state index in [0.29, 0.717) is 37.7 Å². The third kappa shape index (κ3) is 2.70. The number of hydrogen-bond acceptors (Lipinski definition) is 8. The van der Waals surface area contributed by atoms with Crippen LogP contribution in [0.5, 0.6) is 0 Å². The van der Waals surface area contributed by atoms with Crippen LogP contribution in [0.15, 0.2) is 45.8 Å². The van der Waals surface area contributed by atoms with Gasteiger partial charge in [0.15, 0.2) is 17.3 Å². The van der Waals surface area contributed by atoms with E-state index in [2.05, 4.69) is 25.2 Å². The molecule has 1 saturated heterocycles. The molecule has 142 valence electrons. The number of furan rings is 1. The van der Waals surface area contributed by atoms with Crippen molar-refractivity contribution in [3.8, 4) is 11.5 Å². The van der Waals surface area contributed by atoms with Gasteiger partial charge in [-0.15, -0.1) is 10.2 Å². The van der Waals surface area contributed by atoms with Crippen LogP contribution in [0.4, 0.5) is 5.82 Å². The van der Waals surface area contributed by atoms with Crippen molar-refractivity contribution in [1.82, 2.24) is 29.6 Å². The minimum Gasteiger partial charge on any atom is -0.461 e. The van der Waals surface area contributed by atoms with Crippen LogP contribution in [0.25, 0.3) is 17.2 Å². The van der Waals surface area contributed by atoms with E-state index in [4.69, 9.17) is 8.94 Å². The monoisotopic (exact) mass is 379 g/mol. The Morgan fingerprint density at radius 1 is 1.14 bits per heavy atom. The minimum absolute atomic E-state index is 0.161. The summed E-state index contributed by atoms with van der Waals surface area (Å²) < 4.78 is 12.4. The average Bonchev–Trinajstić information content (AvgIpc) is 3.48. The Hall–Kier alpha value is -3.69. The summed E-state index contributed by atoms with van der Waals surface area (Å²) >= 11 is 0. The summed E-state index contributed by atoms with van der Waals surface area (Å²) in [6, 6.07) is 5.12. The first-order valence-electron chi connectivity index (χ1n) is 8.92. The Morgan fingerprint density at radius 2 is 2.00 bits per heavy atom. The molecule has 0 radical (unpaired) electrons. The minimum atomic E-state index is -0.161. The van der Waals surface area contributed by atoms with E-state index in [-0.39, 0.29) is 11.6 Å². The summed E-state index contributed by atoms with van der Waals surface area (Å²) in [7, 11) is 0. The molecule has 1 aliphatic rings. The zero-order valence-electron chi connectivity index (χ0n) is 15.1. The number of piperazine rings is 1. The number of carbonyl (C=O) groups excluding carboxylic acids is 1. The van der Waals surface area contributed by atoms with E-state index >= 15 is 0 Å². The summed E-state index contributed by atoms with van der Waals surface area (Å²) in [5.41, 5.74) is 0.993. The number of aryl methyl sites for hydroxylation is 1. The molecule has 0 bridgehead atoms. The molecule has 0 saturated carbocycles. The standard InChI is InChI=1S/C18H17N7O3/c1-12-20-21-17-16(19-4-5-25(12)17)23-6-8-24(9-7-23)18(26)13-11-15(28-22-13)14-3-2-10-27-14/h2-5,10-11H,6-9H2,1H3. The average molecular weight is 379 g/mol. The molecule has 0 spiro atoms. The van der Waals surface area contributed by atoms with Gasteiger partial charge < -0.3 is 18.7 Å². The van der Waals surface area contributed by atoms with E-state index in [1.807, 2.05) is 17.5 Å². The zero-order valence-corrected chi connectivity index (χ0v) is 15.1. The Labute approximate surface area is 159 Å². The first-order valence-corrected chi connectivity index (χ1v) is 8.92. The van der Waals surface area contributed by atoms with Gasteiger partial charge in [0.25, 0.3) is 5.91 Å². The fourth-order valence-electron chi connectivity index (χ4n) is 3.35. The molecule has 10 nitrogen and oxygen atoms in total. The van der Waals surface area contributed by atoms with Crippen LogP contribution in [-0.4, -0.2) is 61.7 Å². The highest BCUT2D eigenvalue weighted by atomic mass is 16.5. The molecule has 4 aromatic heterocycles. The van der Waals surface area contributed by atoms with Crippen molar-refractivity contribution in [2.24, 2.45) is 0 Å². The van der Waals surface area contributed by atoms with Gasteiger partial charge in [-0.3, -0.25) is 9.20 Å². The van der Waals surface area contributed by atoms with Crippen LogP contribution >= 0.6 is 0 Å². The van der Waals surface area contributed by atoms with E-state index in [1.165, 1.54) is 0 Å². The zero-order chi connectivity index (χ0) is 19.1. The van der Waals surface area contributed by atoms with Gasteiger partial charge in [-0.2, -0.15) is 0 Å². The molecule has 0 atom stereocenters. The Morgan fingerprint density at radius 3 is 2.79 bits per heavy atom. The first kappa shape index (κ1) is 16.5. The largest absolute Gasteiger partial charge is 0.461 e. The quantitative estimate of drug-likeness (QED) is 0.529. The molecule has 5 heterocycles. The normalized spacial score (nSPS) is 14.8. The fraction of sp³-hybridized carbons (Fsp3) is 0.278. The predicted octanol–water partition coefficient (Wildman–Crippen LogP) is 1.64. The number of amides is 1. The van der Waals surface area contributed by atoms with Gasteiger partial charge in [0, 0.05) is 44.6 Å². The molecule has 10 heteroatoms. The Balaban J connectivity index is 1.30. The number of fused-ring (bicyclic) bond motifs is 1. The van der Waals surface area contributed by atoms with Crippen LogP contribution in [0.1, 0.15) is 16.3 Å². The maximum absolute atomic E-state index is 12.8. The van der Waals surface area contributed by atoms with Crippen LogP contribution in [-0.2, 0) is 0 Å². The lowest BCUT2D eigenvalue weighted by Crippen LogP contribution is -2.49. The lowest BCUT2D eigenvalue weighted by atomic mass is 10.2. The summed E-state index contributed by atoms with van der Waals surface area (Å²) in [6.07, 6.45) is 5.13. The third-order valence-corrected chi connectivity index (χ3v) is 4.84. The van der Waals surface area contributed by atoms with Crippen molar-refractivity contribution in [3.05, 3.63) is 48.4 Å². The summed E-state index contributed by atoms with van der Waals surface area (Å²) in [5, 5.41) is 12.2. The lowest BCUT2D eigenvalue weighted by Gasteiger charge is -2.34. The number of anilines is 1. The first-order chi connectivity index (χ1) is 13.7. The summed E-state index contributed by atoms with van der Waals surface area (Å²) in [4.78, 5) is 21.1. The molecule has 1 amide bonds. The smallest absolute Gasteiger partial charge is 0.276 e. The summed E-state index contributed by atoms with van der Waals surface area (Å²) in [6.45, 7) is 4.30. The topological polar surface area (TPSA) is 106 Å².